The molecule has 0 spiro atoms. The average molecular weight is 420 g/mol. The van der Waals surface area contributed by atoms with Gasteiger partial charge in [-0.05, 0) is 49.6 Å². The molecule has 3 amide bonds. The van der Waals surface area contributed by atoms with Gasteiger partial charge < -0.3 is 15.5 Å². The third-order valence-corrected chi connectivity index (χ3v) is 5.53. The number of amides is 3. The lowest BCUT2D eigenvalue weighted by molar-refractivity contribution is -0.121. The van der Waals surface area contributed by atoms with E-state index in [1.165, 1.54) is 0 Å². The van der Waals surface area contributed by atoms with Crippen LogP contribution in [0.2, 0.25) is 10.0 Å². The number of urea groups is 1. The number of benzene rings is 2. The van der Waals surface area contributed by atoms with Crippen LogP contribution in [0.3, 0.4) is 0 Å². The smallest absolute Gasteiger partial charge is 0.317 e. The minimum Gasteiger partial charge on any atom is -0.331 e. The summed E-state index contributed by atoms with van der Waals surface area (Å²) in [5.41, 5.74) is 1.61. The van der Waals surface area contributed by atoms with Gasteiger partial charge >= 0.3 is 6.03 Å². The number of halogens is 2. The Morgan fingerprint density at radius 3 is 2.39 bits per heavy atom. The Balaban J connectivity index is 1.50. The van der Waals surface area contributed by atoms with Gasteiger partial charge in [-0.1, -0.05) is 47.5 Å². The molecule has 0 saturated carbocycles. The van der Waals surface area contributed by atoms with E-state index in [-0.39, 0.29) is 23.9 Å². The summed E-state index contributed by atoms with van der Waals surface area (Å²) >= 11 is 12.1. The Labute approximate surface area is 175 Å². The van der Waals surface area contributed by atoms with E-state index in [0.29, 0.717) is 36.0 Å². The number of likely N-dealkylation sites (tertiary alicyclic amines) is 1. The Bertz CT molecular complexity index is 837. The normalized spacial score (nSPS) is 15.8. The first-order valence-electron chi connectivity index (χ1n) is 9.30. The predicted octanol–water partition coefficient (Wildman–Crippen LogP) is 5.11. The molecule has 0 unspecified atom stereocenters. The first-order valence-corrected chi connectivity index (χ1v) is 10.1. The molecule has 0 radical (unpaired) electrons. The Morgan fingerprint density at radius 1 is 1.07 bits per heavy atom. The van der Waals surface area contributed by atoms with Crippen molar-refractivity contribution in [1.29, 1.82) is 0 Å². The van der Waals surface area contributed by atoms with Gasteiger partial charge in [0.15, 0.2) is 0 Å². The molecule has 0 bridgehead atoms. The molecule has 148 valence electrons. The third-order valence-electron chi connectivity index (χ3n) is 4.96. The van der Waals surface area contributed by atoms with Gasteiger partial charge in [0.2, 0.25) is 5.91 Å². The number of rotatable bonds is 4. The second-order valence-corrected chi connectivity index (χ2v) is 7.80. The molecule has 1 aliphatic rings. The molecule has 5 nitrogen and oxygen atoms in total. The van der Waals surface area contributed by atoms with Crippen molar-refractivity contribution in [2.24, 2.45) is 5.92 Å². The van der Waals surface area contributed by atoms with Gasteiger partial charge in [-0.3, -0.25) is 4.79 Å². The van der Waals surface area contributed by atoms with Gasteiger partial charge in [-0.2, -0.15) is 0 Å². The summed E-state index contributed by atoms with van der Waals surface area (Å²) in [7, 11) is 0. The van der Waals surface area contributed by atoms with Crippen molar-refractivity contribution in [3.63, 3.8) is 0 Å². The van der Waals surface area contributed by atoms with Crippen LogP contribution >= 0.6 is 23.2 Å². The van der Waals surface area contributed by atoms with Gasteiger partial charge in [0.05, 0.1) is 6.04 Å². The quantitative estimate of drug-likeness (QED) is 0.722. The highest BCUT2D eigenvalue weighted by molar-refractivity contribution is 6.35. The van der Waals surface area contributed by atoms with E-state index in [1.807, 2.05) is 43.3 Å². The largest absolute Gasteiger partial charge is 0.331 e. The van der Waals surface area contributed by atoms with Gasteiger partial charge in [0.1, 0.15) is 0 Å². The molecule has 1 heterocycles. The molecule has 1 atom stereocenters. The van der Waals surface area contributed by atoms with Crippen LogP contribution in [0.15, 0.2) is 48.5 Å². The Hall–Kier alpha value is -2.24. The summed E-state index contributed by atoms with van der Waals surface area (Å²) in [4.78, 5) is 26.7. The minimum absolute atomic E-state index is 0.00701. The third kappa shape index (κ3) is 5.18. The Morgan fingerprint density at radius 2 is 1.75 bits per heavy atom. The van der Waals surface area contributed by atoms with Crippen LogP contribution in [0.1, 0.15) is 31.4 Å². The first kappa shape index (κ1) is 20.5. The van der Waals surface area contributed by atoms with Crippen LogP contribution in [0, 0.1) is 5.92 Å². The summed E-state index contributed by atoms with van der Waals surface area (Å²) in [6.07, 6.45) is 1.28. The van der Waals surface area contributed by atoms with Gasteiger partial charge in [0.25, 0.3) is 0 Å². The van der Waals surface area contributed by atoms with Crippen LogP contribution in [-0.2, 0) is 4.79 Å². The molecular weight excluding hydrogens is 397 g/mol. The summed E-state index contributed by atoms with van der Waals surface area (Å²) in [6.45, 7) is 2.96. The maximum absolute atomic E-state index is 12.6. The molecule has 1 aliphatic heterocycles. The van der Waals surface area contributed by atoms with Gasteiger partial charge in [-0.15, -0.1) is 0 Å². The molecule has 7 heteroatoms. The molecular formula is C21H23Cl2N3O2. The number of para-hydroxylation sites is 1. The number of nitrogens with zero attached hydrogens (tertiary/aromatic N) is 1. The molecule has 0 aliphatic carbocycles. The number of nitrogens with one attached hydrogen (secondary N) is 2. The second kappa shape index (κ2) is 9.30. The van der Waals surface area contributed by atoms with Crippen molar-refractivity contribution in [2.75, 3.05) is 18.4 Å². The number of piperidine rings is 1. The fourth-order valence-electron chi connectivity index (χ4n) is 3.32. The van der Waals surface area contributed by atoms with Crippen molar-refractivity contribution in [3.05, 3.63) is 64.1 Å². The van der Waals surface area contributed by atoms with Crippen LogP contribution in [0.5, 0.6) is 0 Å². The fraction of sp³-hybridized carbons (Fsp3) is 0.333. The maximum Gasteiger partial charge on any atom is 0.317 e. The van der Waals surface area contributed by atoms with E-state index in [4.69, 9.17) is 23.2 Å². The van der Waals surface area contributed by atoms with Crippen LogP contribution in [0.4, 0.5) is 10.5 Å². The lowest BCUT2D eigenvalue weighted by Gasteiger charge is -2.32. The average Bonchev–Trinajstić information content (AvgIpc) is 2.68. The minimum atomic E-state index is -0.239. The van der Waals surface area contributed by atoms with Crippen LogP contribution in [0.25, 0.3) is 0 Å². The molecule has 1 fully saturated rings. The van der Waals surface area contributed by atoms with Crippen molar-refractivity contribution >= 4 is 40.8 Å². The fourth-order valence-corrected chi connectivity index (χ4v) is 3.89. The standard InChI is InChI=1S/C21H23Cl2N3O2/c1-14(18-8-7-16(22)13-19(18)23)24-21(28)26-11-9-15(10-12-26)20(27)25-17-5-3-2-4-6-17/h2-8,13-15H,9-12H2,1H3,(H,24,28)(H,25,27)/t14-/m1/s1. The summed E-state index contributed by atoms with van der Waals surface area (Å²) in [5.74, 6) is -0.0834. The van der Waals surface area contributed by atoms with Crippen LogP contribution in [-0.4, -0.2) is 29.9 Å². The zero-order valence-electron chi connectivity index (χ0n) is 15.6. The zero-order chi connectivity index (χ0) is 20.1. The van der Waals surface area contributed by atoms with E-state index in [9.17, 15) is 9.59 Å². The molecule has 2 aromatic rings. The number of hydrogen-bond acceptors (Lipinski definition) is 2. The number of hydrogen-bond donors (Lipinski definition) is 2. The van der Waals surface area contributed by atoms with E-state index in [0.717, 1.165) is 11.3 Å². The first-order chi connectivity index (χ1) is 13.4. The highest BCUT2D eigenvalue weighted by Gasteiger charge is 2.28. The second-order valence-electron chi connectivity index (χ2n) is 6.95. The SMILES string of the molecule is C[C@@H](NC(=O)N1CCC(C(=O)Nc2ccccc2)CC1)c1ccc(Cl)cc1Cl. The van der Waals surface area contributed by atoms with Crippen LogP contribution < -0.4 is 10.6 Å². The number of anilines is 1. The molecule has 1 saturated heterocycles. The summed E-state index contributed by atoms with van der Waals surface area (Å²) < 4.78 is 0. The Kier molecular flexibility index (Phi) is 6.81. The van der Waals surface area contributed by atoms with Crippen molar-refractivity contribution in [2.45, 2.75) is 25.8 Å². The van der Waals surface area contributed by atoms with E-state index < -0.39 is 0 Å². The number of carbonyl (C=O) groups excluding carboxylic acids is 2. The maximum atomic E-state index is 12.6. The molecule has 2 N–H and O–H groups in total. The molecule has 2 aromatic carbocycles. The van der Waals surface area contributed by atoms with Crippen molar-refractivity contribution in [1.82, 2.24) is 10.2 Å². The van der Waals surface area contributed by atoms with E-state index in [1.54, 1.807) is 17.0 Å². The molecule has 28 heavy (non-hydrogen) atoms. The molecule has 0 aromatic heterocycles. The van der Waals surface area contributed by atoms with Crippen molar-refractivity contribution < 1.29 is 9.59 Å². The highest BCUT2D eigenvalue weighted by Crippen LogP contribution is 2.26. The lowest BCUT2D eigenvalue weighted by Crippen LogP contribution is -2.46. The van der Waals surface area contributed by atoms with E-state index >= 15 is 0 Å². The highest BCUT2D eigenvalue weighted by atomic mass is 35.5. The monoisotopic (exact) mass is 419 g/mol. The summed E-state index contributed by atoms with van der Waals surface area (Å²) in [5, 5.41) is 6.99. The van der Waals surface area contributed by atoms with Gasteiger partial charge in [0, 0.05) is 34.7 Å². The van der Waals surface area contributed by atoms with E-state index in [2.05, 4.69) is 10.6 Å². The molecule has 3 rings (SSSR count). The summed E-state index contributed by atoms with van der Waals surface area (Å²) in [6, 6.07) is 14.2. The lowest BCUT2D eigenvalue weighted by atomic mass is 9.96. The van der Waals surface area contributed by atoms with Gasteiger partial charge in [-0.25, -0.2) is 4.79 Å². The zero-order valence-corrected chi connectivity index (χ0v) is 17.1. The topological polar surface area (TPSA) is 61.4 Å². The predicted molar refractivity (Wildman–Crippen MR) is 113 cm³/mol. The number of carbonyl (C=O) groups is 2. The van der Waals surface area contributed by atoms with Crippen molar-refractivity contribution in [3.8, 4) is 0 Å².